The van der Waals surface area contributed by atoms with E-state index in [1.54, 1.807) is 103 Å². The van der Waals surface area contributed by atoms with E-state index < -0.39 is 17.7 Å². The second-order valence-corrected chi connectivity index (χ2v) is 9.93. The average Bonchev–Trinajstić information content (AvgIpc) is 3.01. The van der Waals surface area contributed by atoms with Crippen LogP contribution >= 0.6 is 11.8 Å². The van der Waals surface area contributed by atoms with E-state index in [1.807, 2.05) is 6.07 Å². The molecule has 9 nitrogen and oxygen atoms in total. The van der Waals surface area contributed by atoms with E-state index in [1.165, 1.54) is 18.9 Å². The normalized spacial score (nSPS) is 10.8. The molecule has 0 aliphatic heterocycles. The molecule has 0 atom stereocenters. The third-order valence-electron chi connectivity index (χ3n) is 5.90. The summed E-state index contributed by atoms with van der Waals surface area (Å²) >= 11 is 1.32. The Morgan fingerprint density at radius 3 is 2.05 bits per heavy atom. The molecule has 0 bridgehead atoms. The van der Waals surface area contributed by atoms with Crippen molar-refractivity contribution in [2.45, 2.75) is 4.90 Å². The number of rotatable bonds is 11. The maximum absolute atomic E-state index is 13.3. The van der Waals surface area contributed by atoms with Gasteiger partial charge in [0.2, 0.25) is 11.8 Å². The fourth-order valence-corrected chi connectivity index (χ4v) is 4.48. The Kier molecular flexibility index (Phi) is 10.1. The van der Waals surface area contributed by atoms with Gasteiger partial charge in [0.1, 0.15) is 11.4 Å². The molecule has 4 amide bonds. The number of anilines is 2. The summed E-state index contributed by atoms with van der Waals surface area (Å²) < 4.78 is 5.40. The minimum Gasteiger partial charge on any atom is -0.496 e. The Hall–Kier alpha value is -5.35. The van der Waals surface area contributed by atoms with Crippen molar-refractivity contribution in [3.8, 4) is 5.75 Å². The van der Waals surface area contributed by atoms with Gasteiger partial charge in [0.25, 0.3) is 11.8 Å². The molecular weight excluding hydrogens is 552 g/mol. The molecule has 0 aliphatic carbocycles. The quantitative estimate of drug-likeness (QED) is 0.146. The second kappa shape index (κ2) is 14.3. The van der Waals surface area contributed by atoms with Crippen LogP contribution in [0, 0.1) is 0 Å². The third kappa shape index (κ3) is 8.33. The number of para-hydroxylation sites is 1. The van der Waals surface area contributed by atoms with Gasteiger partial charge in [0.15, 0.2) is 0 Å². The van der Waals surface area contributed by atoms with Gasteiger partial charge in [-0.3, -0.25) is 19.2 Å². The summed E-state index contributed by atoms with van der Waals surface area (Å²) in [5, 5.41) is 8.28. The monoisotopic (exact) mass is 580 g/mol. The molecular formula is C32H28N4O5S. The maximum Gasteiger partial charge on any atom is 0.272 e. The summed E-state index contributed by atoms with van der Waals surface area (Å²) in [6.45, 7) is 0. The summed E-state index contributed by atoms with van der Waals surface area (Å²) in [7, 11) is 1.53. The number of carbonyl (C=O) groups is 4. The number of hydrogen-bond donors (Lipinski definition) is 4. The fourth-order valence-electron chi connectivity index (χ4n) is 3.78. The smallest absolute Gasteiger partial charge is 0.272 e. The molecule has 0 spiro atoms. The van der Waals surface area contributed by atoms with E-state index in [0.29, 0.717) is 33.8 Å². The maximum atomic E-state index is 13.3. The van der Waals surface area contributed by atoms with Crippen molar-refractivity contribution in [1.29, 1.82) is 0 Å². The van der Waals surface area contributed by atoms with Crippen molar-refractivity contribution >= 4 is 52.8 Å². The second-order valence-electron chi connectivity index (χ2n) is 8.88. The first-order valence-electron chi connectivity index (χ1n) is 12.8. The van der Waals surface area contributed by atoms with E-state index in [4.69, 9.17) is 10.5 Å². The lowest BCUT2D eigenvalue weighted by atomic mass is 10.1. The highest BCUT2D eigenvalue weighted by atomic mass is 32.2. The number of hydrogen-bond acceptors (Lipinski definition) is 6. The van der Waals surface area contributed by atoms with Crippen molar-refractivity contribution in [3.63, 3.8) is 0 Å². The van der Waals surface area contributed by atoms with Gasteiger partial charge in [-0.2, -0.15) is 0 Å². The highest BCUT2D eigenvalue weighted by Crippen LogP contribution is 2.23. The van der Waals surface area contributed by atoms with E-state index in [0.717, 1.165) is 4.90 Å². The van der Waals surface area contributed by atoms with Gasteiger partial charge >= 0.3 is 0 Å². The molecule has 0 aliphatic rings. The highest BCUT2D eigenvalue weighted by Gasteiger charge is 2.16. The van der Waals surface area contributed by atoms with Gasteiger partial charge in [-0.05, 0) is 72.8 Å². The number of amides is 4. The van der Waals surface area contributed by atoms with Crippen LogP contribution in [0.5, 0.6) is 5.75 Å². The van der Waals surface area contributed by atoms with Crippen LogP contribution in [0.3, 0.4) is 0 Å². The number of nitrogens with one attached hydrogen (secondary N) is 3. The first-order chi connectivity index (χ1) is 20.3. The van der Waals surface area contributed by atoms with Crippen molar-refractivity contribution in [1.82, 2.24) is 5.32 Å². The molecule has 0 fully saturated rings. The minimum absolute atomic E-state index is 0.0346. The number of primary amides is 1. The third-order valence-corrected chi connectivity index (χ3v) is 6.91. The number of methoxy groups -OCH3 is 1. The van der Waals surface area contributed by atoms with Gasteiger partial charge in [-0.25, -0.2) is 0 Å². The number of thioether (sulfide) groups is 1. The van der Waals surface area contributed by atoms with Gasteiger partial charge in [-0.15, -0.1) is 11.8 Å². The molecule has 4 rings (SSSR count). The SMILES string of the molecule is COc1ccccc1/C=C(\NC(=O)c1ccccc1)C(=O)Nc1ccc(SCC(=O)Nc2ccc(C(N)=O)cc2)cc1. The molecule has 0 unspecified atom stereocenters. The lowest BCUT2D eigenvalue weighted by Gasteiger charge is -2.13. The van der Waals surface area contributed by atoms with E-state index in [2.05, 4.69) is 16.0 Å². The summed E-state index contributed by atoms with van der Waals surface area (Å²) in [6, 6.07) is 29.0. The minimum atomic E-state index is -0.538. The number of ether oxygens (including phenoxy) is 1. The van der Waals surface area contributed by atoms with Crippen molar-refractivity contribution < 1.29 is 23.9 Å². The predicted molar refractivity (Wildman–Crippen MR) is 164 cm³/mol. The summed E-state index contributed by atoms with van der Waals surface area (Å²) in [5.41, 5.74) is 7.71. The molecule has 212 valence electrons. The molecule has 4 aromatic carbocycles. The Balaban J connectivity index is 1.40. The first-order valence-corrected chi connectivity index (χ1v) is 13.8. The molecule has 0 heterocycles. The number of carbonyl (C=O) groups excluding carboxylic acids is 4. The van der Waals surface area contributed by atoms with E-state index in [-0.39, 0.29) is 17.4 Å². The molecule has 4 aromatic rings. The molecule has 10 heteroatoms. The summed E-state index contributed by atoms with van der Waals surface area (Å²) in [4.78, 5) is 50.5. The zero-order valence-corrected chi connectivity index (χ0v) is 23.4. The van der Waals surface area contributed by atoms with Gasteiger partial charge in [0, 0.05) is 33.0 Å². The Morgan fingerprint density at radius 2 is 1.38 bits per heavy atom. The Morgan fingerprint density at radius 1 is 0.762 bits per heavy atom. The van der Waals surface area contributed by atoms with Crippen LogP contribution in [0.15, 0.2) is 114 Å². The first kappa shape index (κ1) is 29.6. The van der Waals surface area contributed by atoms with Gasteiger partial charge in [-0.1, -0.05) is 36.4 Å². The van der Waals surface area contributed by atoms with Crippen LogP contribution in [0.1, 0.15) is 26.3 Å². The van der Waals surface area contributed by atoms with Crippen LogP contribution in [0.4, 0.5) is 11.4 Å². The fraction of sp³-hybridized carbons (Fsp3) is 0.0625. The van der Waals surface area contributed by atoms with Crippen LogP contribution < -0.4 is 26.4 Å². The summed E-state index contributed by atoms with van der Waals surface area (Å²) in [5.74, 6) is -1.01. The average molecular weight is 581 g/mol. The van der Waals surface area contributed by atoms with E-state index in [9.17, 15) is 19.2 Å². The van der Waals surface area contributed by atoms with Crippen molar-refractivity contribution in [2.24, 2.45) is 5.73 Å². The van der Waals surface area contributed by atoms with Crippen LogP contribution in [-0.2, 0) is 9.59 Å². The zero-order valence-electron chi connectivity index (χ0n) is 22.6. The highest BCUT2D eigenvalue weighted by molar-refractivity contribution is 8.00. The Labute approximate surface area is 247 Å². The van der Waals surface area contributed by atoms with E-state index >= 15 is 0 Å². The molecule has 0 saturated heterocycles. The van der Waals surface area contributed by atoms with Crippen molar-refractivity contribution in [3.05, 3.63) is 126 Å². The van der Waals surface area contributed by atoms with Crippen LogP contribution in [-0.4, -0.2) is 36.5 Å². The number of nitrogens with two attached hydrogens (primary N) is 1. The van der Waals surface area contributed by atoms with Gasteiger partial charge in [0.05, 0.1) is 12.9 Å². The predicted octanol–water partition coefficient (Wildman–Crippen LogP) is 4.93. The molecule has 42 heavy (non-hydrogen) atoms. The largest absolute Gasteiger partial charge is 0.496 e. The molecule has 0 saturated carbocycles. The van der Waals surface area contributed by atoms with Crippen LogP contribution in [0.25, 0.3) is 6.08 Å². The van der Waals surface area contributed by atoms with Crippen molar-refractivity contribution in [2.75, 3.05) is 23.5 Å². The standard InChI is InChI=1S/C32H28N4O5S/c1-41-28-10-6-5-9-23(28)19-27(36-31(39)22-7-3-2-4-8-22)32(40)35-25-15-17-26(18-16-25)42-20-29(37)34-24-13-11-21(12-14-24)30(33)38/h2-19H,20H2,1H3,(H2,33,38)(H,34,37)(H,35,40)(H,36,39)/b27-19-. The summed E-state index contributed by atoms with van der Waals surface area (Å²) in [6.07, 6.45) is 1.55. The molecule has 0 radical (unpaired) electrons. The topological polar surface area (TPSA) is 140 Å². The lowest BCUT2D eigenvalue weighted by molar-refractivity contribution is -0.114. The molecule has 5 N–H and O–H groups in total. The lowest BCUT2D eigenvalue weighted by Crippen LogP contribution is -2.30. The number of benzene rings is 4. The Bertz CT molecular complexity index is 1600. The molecule has 0 aromatic heterocycles. The van der Waals surface area contributed by atoms with Crippen LogP contribution in [0.2, 0.25) is 0 Å². The van der Waals surface area contributed by atoms with Gasteiger partial charge < -0.3 is 26.4 Å². The zero-order chi connectivity index (χ0) is 29.9.